The molecule has 0 radical (unpaired) electrons. The summed E-state index contributed by atoms with van der Waals surface area (Å²) >= 11 is 0. The van der Waals surface area contributed by atoms with Gasteiger partial charge in [-0.3, -0.25) is 0 Å². The summed E-state index contributed by atoms with van der Waals surface area (Å²) in [5.74, 6) is -16.0. The highest BCUT2D eigenvalue weighted by molar-refractivity contribution is 5.85. The molecule has 1 atom stereocenters. The molecule has 0 aromatic heterocycles. The second-order valence-electron chi connectivity index (χ2n) is 3.64. The number of carbonyl (C=O) groups is 1. The first-order chi connectivity index (χ1) is 7.75. The Hall–Kier alpha value is -1.28. The number of hydrogen-bond donors (Lipinski definition) is 1. The predicted molar refractivity (Wildman–Crippen MR) is 46.5 cm³/mol. The number of alkyl halides is 7. The number of aliphatic carboxylic acids is 1. The molecule has 0 aliphatic heterocycles. The Bertz CT molecular complexity index is 356. The van der Waals surface area contributed by atoms with Gasteiger partial charge in [-0.2, -0.15) is 30.7 Å². The van der Waals surface area contributed by atoms with Gasteiger partial charge >= 0.3 is 24.0 Å². The van der Waals surface area contributed by atoms with E-state index in [0.29, 0.717) is 6.92 Å². The number of hydrogen-bond acceptors (Lipinski definition) is 1. The number of carboxylic acid groups (broad SMARTS) is 1. The highest BCUT2D eigenvalue weighted by Crippen LogP contribution is 2.50. The van der Waals surface area contributed by atoms with E-state index in [1.54, 1.807) is 0 Å². The van der Waals surface area contributed by atoms with E-state index in [1.807, 2.05) is 0 Å². The first-order valence-corrected chi connectivity index (χ1v) is 4.49. The van der Waals surface area contributed by atoms with Crippen LogP contribution in [0.2, 0.25) is 0 Å². The van der Waals surface area contributed by atoms with Gasteiger partial charge in [0.25, 0.3) is 0 Å². The minimum absolute atomic E-state index is 0.155. The van der Waals surface area contributed by atoms with Gasteiger partial charge in [0.05, 0.1) is 0 Å². The Kier molecular flexibility index (Phi) is 4.43. The minimum Gasteiger partial charge on any atom is -0.478 e. The van der Waals surface area contributed by atoms with Gasteiger partial charge in [0.1, 0.15) is 0 Å². The highest BCUT2D eigenvalue weighted by atomic mass is 19.4. The molecule has 0 bridgehead atoms. The van der Waals surface area contributed by atoms with Crippen LogP contribution in [-0.2, 0) is 4.79 Å². The Labute approximate surface area is 97.1 Å². The molecule has 0 amide bonds. The lowest BCUT2D eigenvalue weighted by Crippen LogP contribution is -2.54. The maximum Gasteiger partial charge on any atom is 0.459 e. The summed E-state index contributed by atoms with van der Waals surface area (Å²) in [6, 6.07) is 0. The average Bonchev–Trinajstić information content (AvgIpc) is 2.14. The first kappa shape index (κ1) is 16.7. The summed E-state index contributed by atoms with van der Waals surface area (Å²) in [4.78, 5) is 10.3. The van der Waals surface area contributed by atoms with Gasteiger partial charge in [0, 0.05) is 11.5 Å². The Morgan fingerprint density at radius 2 is 1.50 bits per heavy atom. The van der Waals surface area contributed by atoms with Gasteiger partial charge in [0.2, 0.25) is 0 Å². The van der Waals surface area contributed by atoms with Crippen molar-refractivity contribution in [1.29, 1.82) is 0 Å². The first-order valence-electron chi connectivity index (χ1n) is 4.49. The van der Waals surface area contributed by atoms with Gasteiger partial charge < -0.3 is 5.11 Å². The van der Waals surface area contributed by atoms with Crippen molar-refractivity contribution in [3.05, 3.63) is 11.6 Å². The molecule has 1 N–H and O–H groups in total. The number of allylic oxidation sites excluding steroid dienone is 1. The third kappa shape index (κ3) is 2.94. The lowest BCUT2D eigenvalue weighted by Gasteiger charge is -2.31. The second kappa shape index (κ2) is 4.77. The van der Waals surface area contributed by atoms with E-state index in [0.717, 1.165) is 6.92 Å². The van der Waals surface area contributed by atoms with Crippen LogP contribution in [0.3, 0.4) is 0 Å². The summed E-state index contributed by atoms with van der Waals surface area (Å²) < 4.78 is 86.6. The van der Waals surface area contributed by atoms with Crippen LogP contribution in [0.5, 0.6) is 0 Å². The van der Waals surface area contributed by atoms with Crippen LogP contribution >= 0.6 is 0 Å². The van der Waals surface area contributed by atoms with Gasteiger partial charge in [-0.05, 0) is 6.92 Å². The lowest BCUT2D eigenvalue weighted by molar-refractivity contribution is -0.361. The van der Waals surface area contributed by atoms with Crippen molar-refractivity contribution in [2.24, 2.45) is 5.92 Å². The van der Waals surface area contributed by atoms with Crippen molar-refractivity contribution < 1.29 is 40.6 Å². The zero-order chi connectivity index (χ0) is 14.9. The standard InChI is InChI=1S/C9H9F7O2/c1-4(6(17)18)3-5(2)7(10,11)8(12,13)9(14,15)16/h3,5H,1-2H3,(H,17,18). The van der Waals surface area contributed by atoms with E-state index in [4.69, 9.17) is 5.11 Å². The van der Waals surface area contributed by atoms with E-state index in [1.165, 1.54) is 0 Å². The van der Waals surface area contributed by atoms with E-state index in [2.05, 4.69) is 0 Å². The molecule has 18 heavy (non-hydrogen) atoms. The second-order valence-corrected chi connectivity index (χ2v) is 3.64. The SMILES string of the molecule is CC(=CC(C)C(F)(F)C(F)(F)C(F)(F)F)C(=O)O. The molecule has 106 valence electrons. The molecule has 2 nitrogen and oxygen atoms in total. The molecular formula is C9H9F7O2. The number of rotatable bonds is 4. The average molecular weight is 282 g/mol. The fourth-order valence-electron chi connectivity index (χ4n) is 1.03. The molecule has 0 aromatic carbocycles. The Morgan fingerprint density at radius 3 is 1.78 bits per heavy atom. The fourth-order valence-corrected chi connectivity index (χ4v) is 1.03. The lowest BCUT2D eigenvalue weighted by atomic mass is 9.95. The van der Waals surface area contributed by atoms with E-state index < -0.39 is 35.5 Å². The van der Waals surface area contributed by atoms with Crippen LogP contribution in [0, 0.1) is 5.92 Å². The molecule has 0 aliphatic carbocycles. The fraction of sp³-hybridized carbons (Fsp3) is 0.667. The molecule has 1 unspecified atom stereocenters. The van der Waals surface area contributed by atoms with Crippen molar-refractivity contribution in [1.82, 2.24) is 0 Å². The molecule has 0 spiro atoms. The summed E-state index contributed by atoms with van der Waals surface area (Å²) in [5, 5.41) is 8.34. The van der Waals surface area contributed by atoms with Crippen LogP contribution in [0.15, 0.2) is 11.6 Å². The van der Waals surface area contributed by atoms with Gasteiger partial charge in [-0.15, -0.1) is 0 Å². The molecule has 9 heteroatoms. The van der Waals surface area contributed by atoms with Crippen molar-refractivity contribution in [3.8, 4) is 0 Å². The van der Waals surface area contributed by atoms with Crippen molar-refractivity contribution in [2.75, 3.05) is 0 Å². The zero-order valence-corrected chi connectivity index (χ0v) is 9.16. The van der Waals surface area contributed by atoms with Gasteiger partial charge in [-0.1, -0.05) is 13.0 Å². The van der Waals surface area contributed by atoms with Crippen molar-refractivity contribution in [2.45, 2.75) is 31.9 Å². The van der Waals surface area contributed by atoms with Crippen molar-refractivity contribution in [3.63, 3.8) is 0 Å². The van der Waals surface area contributed by atoms with E-state index >= 15 is 0 Å². The monoisotopic (exact) mass is 282 g/mol. The summed E-state index contributed by atoms with van der Waals surface area (Å²) in [7, 11) is 0. The summed E-state index contributed by atoms with van der Waals surface area (Å²) in [6.45, 7) is 1.19. The Morgan fingerprint density at radius 1 is 1.11 bits per heavy atom. The number of carboxylic acids is 1. The minimum atomic E-state index is -6.42. The topological polar surface area (TPSA) is 37.3 Å². The molecule has 0 aromatic rings. The van der Waals surface area contributed by atoms with Crippen LogP contribution < -0.4 is 0 Å². The molecule has 0 aliphatic rings. The molecule has 0 rings (SSSR count). The quantitative estimate of drug-likeness (QED) is 0.633. The van der Waals surface area contributed by atoms with Crippen LogP contribution in [-0.4, -0.2) is 29.1 Å². The van der Waals surface area contributed by atoms with E-state index in [-0.39, 0.29) is 6.08 Å². The van der Waals surface area contributed by atoms with E-state index in [9.17, 15) is 35.5 Å². The largest absolute Gasteiger partial charge is 0.478 e. The smallest absolute Gasteiger partial charge is 0.459 e. The normalized spacial score (nSPS) is 16.6. The number of halogens is 7. The van der Waals surface area contributed by atoms with Gasteiger partial charge in [0.15, 0.2) is 0 Å². The van der Waals surface area contributed by atoms with Crippen LogP contribution in [0.1, 0.15) is 13.8 Å². The summed E-state index contributed by atoms with van der Waals surface area (Å²) in [6.07, 6.45) is -6.27. The third-order valence-electron chi connectivity index (χ3n) is 2.18. The summed E-state index contributed by atoms with van der Waals surface area (Å²) in [5.41, 5.74) is -0.750. The molecule has 0 saturated carbocycles. The van der Waals surface area contributed by atoms with Gasteiger partial charge in [-0.25, -0.2) is 4.79 Å². The van der Waals surface area contributed by atoms with Crippen LogP contribution in [0.4, 0.5) is 30.7 Å². The maximum atomic E-state index is 13.0. The highest BCUT2D eigenvalue weighted by Gasteiger charge is 2.74. The Balaban J connectivity index is 5.40. The molecule has 0 heterocycles. The molecule has 0 fully saturated rings. The van der Waals surface area contributed by atoms with Crippen molar-refractivity contribution >= 4 is 5.97 Å². The molecule has 0 saturated heterocycles. The third-order valence-corrected chi connectivity index (χ3v) is 2.18. The van der Waals surface area contributed by atoms with Crippen LogP contribution in [0.25, 0.3) is 0 Å². The maximum absolute atomic E-state index is 13.0. The predicted octanol–water partition coefficient (Wildman–Crippen LogP) is 3.49. The zero-order valence-electron chi connectivity index (χ0n) is 9.16. The molecular weight excluding hydrogens is 273 g/mol.